The van der Waals surface area contributed by atoms with E-state index in [1.807, 2.05) is 19.1 Å². The summed E-state index contributed by atoms with van der Waals surface area (Å²) in [6.45, 7) is 2.91. The van der Waals surface area contributed by atoms with Crippen molar-refractivity contribution in [2.45, 2.75) is 64.7 Å². The van der Waals surface area contributed by atoms with E-state index in [1.54, 1.807) is 6.08 Å². The van der Waals surface area contributed by atoms with Crippen molar-refractivity contribution in [3.8, 4) is 0 Å². The molecular weight excluding hydrogens is 254 g/mol. The van der Waals surface area contributed by atoms with Gasteiger partial charge in [-0.15, -0.1) is 0 Å². The molecule has 0 atom stereocenters. The van der Waals surface area contributed by atoms with E-state index in [0.29, 0.717) is 19.6 Å². The standard InChI is InChI=1S/C16H27NO3/c1-2-3-14-20-16(19)12-10-8-6-4-5-7-9-11-13-17-15-18/h2-3H,4-14H2,1H3. The highest BCUT2D eigenvalue weighted by molar-refractivity contribution is 5.69. The minimum Gasteiger partial charge on any atom is -0.461 e. The molecule has 0 saturated carbocycles. The van der Waals surface area contributed by atoms with Gasteiger partial charge in [0.05, 0.1) is 6.54 Å². The van der Waals surface area contributed by atoms with Crippen molar-refractivity contribution in [1.82, 2.24) is 0 Å². The third-order valence-corrected chi connectivity index (χ3v) is 3.04. The smallest absolute Gasteiger partial charge is 0.306 e. The van der Waals surface area contributed by atoms with Crippen LogP contribution in [0.1, 0.15) is 64.7 Å². The van der Waals surface area contributed by atoms with Gasteiger partial charge in [-0.05, 0) is 19.8 Å². The van der Waals surface area contributed by atoms with Crippen LogP contribution >= 0.6 is 0 Å². The number of ether oxygens (including phenoxy) is 1. The lowest BCUT2D eigenvalue weighted by atomic mass is 10.1. The topological polar surface area (TPSA) is 55.7 Å². The SMILES string of the molecule is CC=CCOC(=O)CCCCCCCCCCN=C=O. The van der Waals surface area contributed by atoms with Crippen LogP contribution in [0.25, 0.3) is 0 Å². The van der Waals surface area contributed by atoms with Gasteiger partial charge in [0.2, 0.25) is 6.08 Å². The molecule has 0 aliphatic heterocycles. The Balaban J connectivity index is 3.16. The van der Waals surface area contributed by atoms with Crippen molar-refractivity contribution < 1.29 is 14.3 Å². The van der Waals surface area contributed by atoms with Crippen molar-refractivity contribution >= 4 is 12.0 Å². The lowest BCUT2D eigenvalue weighted by Gasteiger charge is -2.02. The van der Waals surface area contributed by atoms with Crippen LogP contribution in [0, 0.1) is 0 Å². The number of hydrogen-bond donors (Lipinski definition) is 0. The summed E-state index contributed by atoms with van der Waals surface area (Å²) in [6.07, 6.45) is 14.7. The Labute approximate surface area is 122 Å². The first-order chi connectivity index (χ1) is 9.81. The van der Waals surface area contributed by atoms with Crippen LogP contribution in [0.4, 0.5) is 0 Å². The van der Waals surface area contributed by atoms with Crippen LogP contribution in [0.5, 0.6) is 0 Å². The number of aliphatic imine (C=N–C) groups is 1. The van der Waals surface area contributed by atoms with E-state index in [1.165, 1.54) is 25.7 Å². The molecule has 114 valence electrons. The fourth-order valence-corrected chi connectivity index (χ4v) is 1.88. The first-order valence-electron chi connectivity index (χ1n) is 7.61. The zero-order valence-electron chi connectivity index (χ0n) is 12.6. The molecule has 0 aromatic carbocycles. The monoisotopic (exact) mass is 281 g/mol. The zero-order chi connectivity index (χ0) is 14.9. The lowest BCUT2D eigenvalue weighted by Crippen LogP contribution is -2.03. The van der Waals surface area contributed by atoms with Gasteiger partial charge in [-0.25, -0.2) is 9.79 Å². The second-order valence-electron chi connectivity index (χ2n) is 4.80. The molecule has 0 unspecified atom stereocenters. The first kappa shape index (κ1) is 18.6. The first-order valence-corrected chi connectivity index (χ1v) is 7.61. The summed E-state index contributed by atoms with van der Waals surface area (Å²) < 4.78 is 5.01. The Hall–Kier alpha value is -1.41. The van der Waals surface area contributed by atoms with Crippen molar-refractivity contribution in [2.75, 3.05) is 13.2 Å². The third kappa shape index (κ3) is 14.7. The summed E-state index contributed by atoms with van der Waals surface area (Å²) >= 11 is 0. The molecule has 4 heteroatoms. The van der Waals surface area contributed by atoms with Crippen LogP contribution in [0.2, 0.25) is 0 Å². The molecule has 0 radical (unpaired) electrons. The Morgan fingerprint density at radius 3 is 2.25 bits per heavy atom. The summed E-state index contributed by atoms with van der Waals surface area (Å²) in [4.78, 5) is 24.6. The molecule has 0 heterocycles. The molecule has 0 N–H and O–H groups in total. The summed E-state index contributed by atoms with van der Waals surface area (Å²) in [7, 11) is 0. The van der Waals surface area contributed by atoms with Crippen LogP contribution in [-0.4, -0.2) is 25.2 Å². The average molecular weight is 281 g/mol. The summed E-state index contributed by atoms with van der Waals surface area (Å²) in [5, 5.41) is 0. The second-order valence-corrected chi connectivity index (χ2v) is 4.80. The van der Waals surface area contributed by atoms with Crippen molar-refractivity contribution in [2.24, 2.45) is 4.99 Å². The van der Waals surface area contributed by atoms with Crippen LogP contribution in [-0.2, 0) is 14.3 Å². The van der Waals surface area contributed by atoms with Gasteiger partial charge in [0.1, 0.15) is 6.61 Å². The molecule has 0 saturated heterocycles. The van der Waals surface area contributed by atoms with E-state index in [9.17, 15) is 9.59 Å². The van der Waals surface area contributed by atoms with Crippen LogP contribution in [0.3, 0.4) is 0 Å². The molecule has 0 amide bonds. The quantitative estimate of drug-likeness (QED) is 0.169. The highest BCUT2D eigenvalue weighted by atomic mass is 16.5. The number of unbranched alkanes of at least 4 members (excludes halogenated alkanes) is 7. The van der Waals surface area contributed by atoms with Crippen LogP contribution < -0.4 is 0 Å². The number of carbonyl (C=O) groups excluding carboxylic acids is 2. The predicted octanol–water partition coefficient (Wildman–Crippen LogP) is 3.95. The maximum Gasteiger partial charge on any atom is 0.306 e. The highest BCUT2D eigenvalue weighted by Crippen LogP contribution is 2.10. The maximum absolute atomic E-state index is 11.3. The van der Waals surface area contributed by atoms with E-state index in [-0.39, 0.29) is 5.97 Å². The molecule has 0 rings (SSSR count). The number of carbonyl (C=O) groups is 1. The maximum atomic E-state index is 11.3. The van der Waals surface area contributed by atoms with Gasteiger partial charge in [-0.1, -0.05) is 50.7 Å². The molecule has 0 fully saturated rings. The summed E-state index contributed by atoms with van der Waals surface area (Å²) in [6, 6.07) is 0. The van der Waals surface area contributed by atoms with E-state index < -0.39 is 0 Å². The zero-order valence-corrected chi connectivity index (χ0v) is 12.6. The van der Waals surface area contributed by atoms with Crippen molar-refractivity contribution in [1.29, 1.82) is 0 Å². The van der Waals surface area contributed by atoms with Crippen molar-refractivity contribution in [3.63, 3.8) is 0 Å². The number of allylic oxidation sites excluding steroid dienone is 1. The lowest BCUT2D eigenvalue weighted by molar-refractivity contribution is -0.142. The molecule has 0 aromatic heterocycles. The number of esters is 1. The molecule has 20 heavy (non-hydrogen) atoms. The number of rotatable bonds is 13. The molecule has 0 bridgehead atoms. The molecule has 4 nitrogen and oxygen atoms in total. The van der Waals surface area contributed by atoms with Gasteiger partial charge >= 0.3 is 5.97 Å². The van der Waals surface area contributed by atoms with E-state index >= 15 is 0 Å². The Bertz CT molecular complexity index is 307. The van der Waals surface area contributed by atoms with Gasteiger partial charge in [0, 0.05) is 6.42 Å². The Morgan fingerprint density at radius 1 is 1.05 bits per heavy atom. The van der Waals surface area contributed by atoms with E-state index in [4.69, 9.17) is 4.74 Å². The van der Waals surface area contributed by atoms with Gasteiger partial charge < -0.3 is 4.74 Å². The Kier molecular flexibility index (Phi) is 14.5. The van der Waals surface area contributed by atoms with Crippen molar-refractivity contribution in [3.05, 3.63) is 12.2 Å². The molecule has 0 aliphatic carbocycles. The summed E-state index contributed by atoms with van der Waals surface area (Å²) in [5.41, 5.74) is 0. The fourth-order valence-electron chi connectivity index (χ4n) is 1.88. The summed E-state index contributed by atoms with van der Waals surface area (Å²) in [5.74, 6) is -0.0983. The van der Waals surface area contributed by atoms with Gasteiger partial charge in [0.25, 0.3) is 0 Å². The second kappa shape index (κ2) is 15.6. The van der Waals surface area contributed by atoms with E-state index in [0.717, 1.165) is 25.7 Å². The van der Waals surface area contributed by atoms with Gasteiger partial charge in [-0.3, -0.25) is 4.79 Å². The molecule has 0 spiro atoms. The van der Waals surface area contributed by atoms with Gasteiger partial charge in [-0.2, -0.15) is 0 Å². The number of hydrogen-bond acceptors (Lipinski definition) is 4. The highest BCUT2D eigenvalue weighted by Gasteiger charge is 2.00. The third-order valence-electron chi connectivity index (χ3n) is 3.04. The molecule has 0 aliphatic rings. The minimum absolute atomic E-state index is 0.0983. The predicted molar refractivity (Wildman–Crippen MR) is 80.3 cm³/mol. The normalized spacial score (nSPS) is 10.4. The average Bonchev–Trinajstić information content (AvgIpc) is 2.45. The molecular formula is C16H27NO3. The Morgan fingerprint density at radius 2 is 1.65 bits per heavy atom. The van der Waals surface area contributed by atoms with E-state index in [2.05, 4.69) is 4.99 Å². The number of isocyanates is 1. The van der Waals surface area contributed by atoms with Gasteiger partial charge in [0.15, 0.2) is 0 Å². The fraction of sp³-hybridized carbons (Fsp3) is 0.750. The van der Waals surface area contributed by atoms with Crippen LogP contribution in [0.15, 0.2) is 17.1 Å². The largest absolute Gasteiger partial charge is 0.461 e. The molecule has 0 aromatic rings. The number of nitrogens with zero attached hydrogens (tertiary/aromatic N) is 1. The minimum atomic E-state index is -0.0983.